The van der Waals surface area contributed by atoms with Gasteiger partial charge in [-0.2, -0.15) is 0 Å². The molecular weight excluding hydrogens is 1060 g/mol. The summed E-state index contributed by atoms with van der Waals surface area (Å²) < 4.78 is 5.03. The van der Waals surface area contributed by atoms with Gasteiger partial charge >= 0.3 is 0 Å². The molecule has 0 aliphatic carbocycles. The zero-order valence-corrected chi connectivity index (χ0v) is 51.0. The van der Waals surface area contributed by atoms with Gasteiger partial charge in [-0.25, -0.2) is 9.97 Å². The second-order valence-corrected chi connectivity index (χ2v) is 24.3. The maximum Gasteiger partial charge on any atom is 0.160 e. The van der Waals surface area contributed by atoms with Crippen molar-refractivity contribution < 1.29 is 0 Å². The van der Waals surface area contributed by atoms with Gasteiger partial charge in [-0.15, -0.1) is 0 Å². The average Bonchev–Trinajstić information content (AvgIpc) is 1.61. The van der Waals surface area contributed by atoms with Gasteiger partial charge in [-0.05, 0) is 195 Å². The number of hydrogen-bond donors (Lipinski definition) is 0. The number of para-hydroxylation sites is 1. The number of aryl methyl sites for hydroxylation is 8. The first-order valence-corrected chi connectivity index (χ1v) is 30.6. The molecule has 0 bridgehead atoms. The zero-order chi connectivity index (χ0) is 59.9. The Labute approximate surface area is 515 Å². The first-order chi connectivity index (χ1) is 42.9. The molecule has 0 N–H and O–H groups in total. The normalized spacial score (nSPS) is 11.6. The standard InChI is InChI=1S/C84H66N4/c1-51-23-32-66(55(5)41-51)61-27-36-80-72(45-61)73-46-62(67-33-24-52(2)42-56(67)6)28-37-81(73)87(80)78-22-16-15-21-70(78)71-49-65(77-50-76(59-17-11-9-12-18-59)85-84(86-77)60-19-13-10-14-20-60)31-40-79(71)88-82-38-29-63(68-34-25-53(3)43-57(68)7)47-74(82)75-48-64(30-39-83(75)88)69-35-26-54(4)44-58(69)8/h9-50H,1-8H3. The summed E-state index contributed by atoms with van der Waals surface area (Å²) in [7, 11) is 0. The Morgan fingerprint density at radius 2 is 0.568 bits per heavy atom. The molecule has 0 saturated heterocycles. The van der Waals surface area contributed by atoms with Crippen LogP contribution in [-0.4, -0.2) is 19.1 Å². The van der Waals surface area contributed by atoms with Crippen LogP contribution in [0.4, 0.5) is 0 Å². The van der Waals surface area contributed by atoms with Crippen LogP contribution in [0, 0.1) is 55.4 Å². The Morgan fingerprint density at radius 3 is 0.966 bits per heavy atom. The SMILES string of the molecule is Cc1ccc(-c2ccc3c(c2)c2cc(-c4ccc(C)cc4C)ccc2n3-c2ccccc2-c2cc(-c3cc(-c4ccccc4)nc(-c4ccccc4)n3)ccc2-n2c3ccc(-c4ccc(C)cc4C)cc3c3cc(-c4ccc(C)cc4C)ccc32)c(C)c1. The van der Waals surface area contributed by atoms with Gasteiger partial charge in [0.25, 0.3) is 0 Å². The highest BCUT2D eigenvalue weighted by molar-refractivity contribution is 6.14. The number of hydrogen-bond acceptors (Lipinski definition) is 2. The van der Waals surface area contributed by atoms with Crippen molar-refractivity contribution in [2.75, 3.05) is 0 Å². The van der Waals surface area contributed by atoms with Crippen LogP contribution in [-0.2, 0) is 0 Å². The predicted molar refractivity (Wildman–Crippen MR) is 372 cm³/mol. The molecule has 0 atom stereocenters. The fourth-order valence-electron chi connectivity index (χ4n) is 13.9. The molecule has 12 aromatic carbocycles. The van der Waals surface area contributed by atoms with Crippen molar-refractivity contribution >= 4 is 43.6 Å². The van der Waals surface area contributed by atoms with E-state index in [1.165, 1.54) is 111 Å². The van der Waals surface area contributed by atoms with E-state index in [4.69, 9.17) is 9.97 Å². The molecule has 0 aliphatic heterocycles. The number of rotatable bonds is 10. The molecule has 422 valence electrons. The van der Waals surface area contributed by atoms with Gasteiger partial charge in [0.05, 0.1) is 44.8 Å². The lowest BCUT2D eigenvalue weighted by Gasteiger charge is -2.20. The van der Waals surface area contributed by atoms with Crippen molar-refractivity contribution in [1.29, 1.82) is 0 Å². The van der Waals surface area contributed by atoms with E-state index in [1.807, 2.05) is 6.07 Å². The van der Waals surface area contributed by atoms with E-state index >= 15 is 0 Å². The summed E-state index contributed by atoms with van der Waals surface area (Å²) >= 11 is 0. The molecule has 0 amide bonds. The van der Waals surface area contributed by atoms with Crippen molar-refractivity contribution in [2.24, 2.45) is 0 Å². The van der Waals surface area contributed by atoms with Crippen LogP contribution in [0.3, 0.4) is 0 Å². The molecule has 3 aromatic heterocycles. The third-order valence-corrected chi connectivity index (χ3v) is 18.1. The van der Waals surface area contributed by atoms with Gasteiger partial charge in [0.1, 0.15) is 0 Å². The second kappa shape index (κ2) is 21.7. The quantitative estimate of drug-likeness (QED) is 0.137. The van der Waals surface area contributed by atoms with Gasteiger partial charge in [-0.1, -0.05) is 204 Å². The highest BCUT2D eigenvalue weighted by atomic mass is 15.0. The molecule has 0 radical (unpaired) electrons. The van der Waals surface area contributed by atoms with E-state index in [0.29, 0.717) is 5.82 Å². The average molecular weight is 1130 g/mol. The van der Waals surface area contributed by atoms with Crippen molar-refractivity contribution in [3.63, 3.8) is 0 Å². The molecule has 15 rings (SSSR count). The molecule has 0 fully saturated rings. The number of fused-ring (bicyclic) bond motifs is 6. The molecule has 15 aromatic rings. The molecule has 4 nitrogen and oxygen atoms in total. The van der Waals surface area contributed by atoms with E-state index < -0.39 is 0 Å². The lowest BCUT2D eigenvalue weighted by atomic mass is 9.95. The van der Waals surface area contributed by atoms with Gasteiger partial charge in [0.15, 0.2) is 5.82 Å². The van der Waals surface area contributed by atoms with Crippen LogP contribution in [0.2, 0.25) is 0 Å². The van der Waals surface area contributed by atoms with Crippen LogP contribution < -0.4 is 0 Å². The third-order valence-electron chi connectivity index (χ3n) is 18.1. The fourth-order valence-corrected chi connectivity index (χ4v) is 13.9. The summed E-state index contributed by atoms with van der Waals surface area (Å²) in [5.41, 5.74) is 33.3. The van der Waals surface area contributed by atoms with E-state index in [9.17, 15) is 0 Å². The van der Waals surface area contributed by atoms with E-state index in [0.717, 1.165) is 72.6 Å². The maximum atomic E-state index is 5.45. The summed E-state index contributed by atoms with van der Waals surface area (Å²) in [6.45, 7) is 17.6. The van der Waals surface area contributed by atoms with Crippen LogP contribution >= 0.6 is 0 Å². The highest BCUT2D eigenvalue weighted by Gasteiger charge is 2.24. The Bertz CT molecular complexity index is 5010. The lowest BCUT2D eigenvalue weighted by Crippen LogP contribution is -2.02. The van der Waals surface area contributed by atoms with Crippen molar-refractivity contribution in [1.82, 2.24) is 19.1 Å². The first kappa shape index (κ1) is 54.0. The third kappa shape index (κ3) is 9.50. The Balaban J connectivity index is 1.02. The smallest absolute Gasteiger partial charge is 0.160 e. The van der Waals surface area contributed by atoms with Crippen LogP contribution in [0.25, 0.3) is 145 Å². The van der Waals surface area contributed by atoms with Crippen LogP contribution in [0.15, 0.2) is 255 Å². The largest absolute Gasteiger partial charge is 0.309 e. The molecule has 88 heavy (non-hydrogen) atoms. The molecule has 0 aliphatic rings. The van der Waals surface area contributed by atoms with Gasteiger partial charge in [0.2, 0.25) is 0 Å². The van der Waals surface area contributed by atoms with Crippen LogP contribution in [0.1, 0.15) is 44.5 Å². The number of aromatic nitrogens is 4. The second-order valence-electron chi connectivity index (χ2n) is 24.3. The molecule has 4 heteroatoms. The van der Waals surface area contributed by atoms with Crippen molar-refractivity contribution in [2.45, 2.75) is 55.4 Å². The molecule has 0 unspecified atom stereocenters. The zero-order valence-electron chi connectivity index (χ0n) is 51.0. The fraction of sp³-hybridized carbons (Fsp3) is 0.0952. The van der Waals surface area contributed by atoms with Gasteiger partial charge in [-0.3, -0.25) is 0 Å². The monoisotopic (exact) mass is 1130 g/mol. The minimum Gasteiger partial charge on any atom is -0.309 e. The summed E-state index contributed by atoms with van der Waals surface area (Å²) in [5.74, 6) is 0.676. The summed E-state index contributed by atoms with van der Waals surface area (Å²) in [4.78, 5) is 10.7. The molecular formula is C84H66N4. The number of nitrogens with zero attached hydrogens (tertiary/aromatic N) is 4. The minimum absolute atomic E-state index is 0.676. The Hall–Kier alpha value is -10.7. The minimum atomic E-state index is 0.676. The maximum absolute atomic E-state index is 5.45. The topological polar surface area (TPSA) is 35.6 Å². The van der Waals surface area contributed by atoms with E-state index in [2.05, 4.69) is 313 Å². The first-order valence-electron chi connectivity index (χ1n) is 30.6. The van der Waals surface area contributed by atoms with Crippen molar-refractivity contribution in [3.8, 4) is 101 Å². The summed E-state index contributed by atoms with van der Waals surface area (Å²) in [5, 5.41) is 4.79. The summed E-state index contributed by atoms with van der Waals surface area (Å²) in [6.07, 6.45) is 0. The molecule has 0 saturated carbocycles. The molecule has 0 spiro atoms. The van der Waals surface area contributed by atoms with E-state index in [-0.39, 0.29) is 0 Å². The Kier molecular flexibility index (Phi) is 13.3. The Morgan fingerprint density at radius 1 is 0.227 bits per heavy atom. The van der Waals surface area contributed by atoms with Gasteiger partial charge < -0.3 is 9.13 Å². The lowest BCUT2D eigenvalue weighted by molar-refractivity contribution is 1.16. The number of benzene rings is 12. The van der Waals surface area contributed by atoms with E-state index in [1.54, 1.807) is 0 Å². The van der Waals surface area contributed by atoms with Gasteiger partial charge in [0, 0.05) is 49.4 Å². The summed E-state index contributed by atoms with van der Waals surface area (Å²) in [6, 6.07) is 94.5. The van der Waals surface area contributed by atoms with Crippen molar-refractivity contribution in [3.05, 3.63) is 299 Å². The predicted octanol–water partition coefficient (Wildman–Crippen LogP) is 22.5. The molecule has 3 heterocycles. The van der Waals surface area contributed by atoms with Crippen LogP contribution in [0.5, 0.6) is 0 Å². The highest BCUT2D eigenvalue weighted by Crippen LogP contribution is 2.46.